The lowest BCUT2D eigenvalue weighted by Crippen LogP contribution is -2.46. The molecule has 2 unspecified atom stereocenters. The van der Waals surface area contributed by atoms with E-state index in [2.05, 4.69) is 10.0 Å². The zero-order valence-electron chi connectivity index (χ0n) is 21.2. The first-order valence-electron chi connectivity index (χ1n) is 12.7. The number of halogens is 1. The third kappa shape index (κ3) is 6.74. The van der Waals surface area contributed by atoms with E-state index in [0.717, 1.165) is 11.1 Å². The van der Waals surface area contributed by atoms with Crippen LogP contribution in [-0.2, 0) is 14.8 Å². The van der Waals surface area contributed by atoms with Gasteiger partial charge in [0.1, 0.15) is 6.17 Å². The van der Waals surface area contributed by atoms with Crippen LogP contribution in [0.5, 0.6) is 0 Å². The number of carbonyl (C=O) groups is 1. The van der Waals surface area contributed by atoms with Gasteiger partial charge >= 0.3 is 0 Å². The standard InChI is InChI=1S/C29H35FN2O4S/c1-29(2,34)27(21-8-4-3-5-9-21)31-28(33)22-12-16-23(17-13-22)32-37(35,36)24-18-14-20(15-19-24)25-10-6-7-11-26(25)30/h3-11,14-15,18-19,22-23,25-27,32,34H,12-13,16-17H2,1-2H3,(H,31,33)/t22-,23-,25?,26?,27-/m0/s1. The van der Waals surface area contributed by atoms with E-state index in [-0.39, 0.29) is 22.8 Å². The van der Waals surface area contributed by atoms with Crippen LogP contribution >= 0.6 is 0 Å². The highest BCUT2D eigenvalue weighted by atomic mass is 32.2. The molecule has 3 N–H and O–H groups in total. The van der Waals surface area contributed by atoms with Crippen molar-refractivity contribution < 1.29 is 22.7 Å². The van der Waals surface area contributed by atoms with Crippen LogP contribution in [0.25, 0.3) is 0 Å². The van der Waals surface area contributed by atoms with E-state index in [0.29, 0.717) is 25.7 Å². The van der Waals surface area contributed by atoms with Gasteiger partial charge < -0.3 is 10.4 Å². The van der Waals surface area contributed by atoms with E-state index >= 15 is 0 Å². The Bertz CT molecular complexity index is 1230. The molecule has 0 heterocycles. The van der Waals surface area contributed by atoms with E-state index in [1.54, 1.807) is 44.2 Å². The number of aliphatic hydroxyl groups is 1. The smallest absolute Gasteiger partial charge is 0.240 e. The summed E-state index contributed by atoms with van der Waals surface area (Å²) in [5, 5.41) is 13.6. The van der Waals surface area contributed by atoms with Gasteiger partial charge in [0, 0.05) is 17.9 Å². The SMILES string of the molecule is CC(C)(O)[C@@H](NC(=O)[C@H]1CC[C@H](NS(=O)(=O)c2ccc(C3C=CC=CC3F)cc2)CC1)c1ccccc1. The Morgan fingerprint density at radius 3 is 2.19 bits per heavy atom. The highest BCUT2D eigenvalue weighted by molar-refractivity contribution is 7.89. The fourth-order valence-electron chi connectivity index (χ4n) is 5.08. The fraction of sp³-hybridized carbons (Fsp3) is 0.414. The molecule has 37 heavy (non-hydrogen) atoms. The summed E-state index contributed by atoms with van der Waals surface area (Å²) in [7, 11) is -3.74. The fourth-order valence-corrected chi connectivity index (χ4v) is 6.38. The molecule has 4 rings (SSSR count). The molecule has 0 radical (unpaired) electrons. The summed E-state index contributed by atoms with van der Waals surface area (Å²) in [6, 6.07) is 14.9. The number of hydrogen-bond donors (Lipinski definition) is 3. The van der Waals surface area contributed by atoms with E-state index < -0.39 is 33.8 Å². The van der Waals surface area contributed by atoms with Gasteiger partial charge in [0.2, 0.25) is 15.9 Å². The molecule has 8 heteroatoms. The zero-order valence-corrected chi connectivity index (χ0v) is 22.0. The predicted molar refractivity (Wildman–Crippen MR) is 142 cm³/mol. The molecule has 1 amide bonds. The highest BCUT2D eigenvalue weighted by Crippen LogP contribution is 2.31. The molecule has 2 aliphatic carbocycles. The van der Waals surface area contributed by atoms with Gasteiger partial charge in [0.15, 0.2) is 0 Å². The first kappa shape index (κ1) is 27.2. The summed E-state index contributed by atoms with van der Waals surface area (Å²) in [6.45, 7) is 3.34. The molecular weight excluding hydrogens is 491 g/mol. The second kappa shape index (κ2) is 11.3. The van der Waals surface area contributed by atoms with Crippen molar-refractivity contribution in [2.45, 2.75) is 74.2 Å². The molecule has 2 aliphatic rings. The lowest BCUT2D eigenvalue weighted by molar-refractivity contribution is -0.128. The second-order valence-electron chi connectivity index (χ2n) is 10.5. The Hall–Kier alpha value is -2.81. The van der Waals surface area contributed by atoms with Crippen LogP contribution in [0.15, 0.2) is 83.8 Å². The monoisotopic (exact) mass is 526 g/mol. The molecule has 2 aromatic rings. The number of amides is 1. The van der Waals surface area contributed by atoms with Gasteiger partial charge in [-0.05, 0) is 68.9 Å². The maximum Gasteiger partial charge on any atom is 0.240 e. The summed E-state index contributed by atoms with van der Waals surface area (Å²) in [6.07, 6.45) is 7.74. The molecule has 0 spiro atoms. The summed E-state index contributed by atoms with van der Waals surface area (Å²) >= 11 is 0. The van der Waals surface area contributed by atoms with Crippen molar-refractivity contribution in [1.82, 2.24) is 10.0 Å². The molecule has 0 saturated heterocycles. The van der Waals surface area contributed by atoms with E-state index in [9.17, 15) is 22.7 Å². The van der Waals surface area contributed by atoms with Crippen LogP contribution in [0.2, 0.25) is 0 Å². The third-order valence-corrected chi connectivity index (χ3v) is 8.73. The molecule has 0 bridgehead atoms. The van der Waals surface area contributed by atoms with Crippen LogP contribution in [-0.4, -0.2) is 37.2 Å². The minimum absolute atomic E-state index is 0.134. The third-order valence-electron chi connectivity index (χ3n) is 7.19. The van der Waals surface area contributed by atoms with Gasteiger partial charge in [0.25, 0.3) is 0 Å². The number of rotatable bonds is 8. The molecule has 1 fully saturated rings. The second-order valence-corrected chi connectivity index (χ2v) is 12.2. The zero-order chi connectivity index (χ0) is 26.6. The largest absolute Gasteiger partial charge is 0.388 e. The first-order valence-corrected chi connectivity index (χ1v) is 14.2. The normalized spacial score (nSPS) is 25.0. The van der Waals surface area contributed by atoms with Crippen molar-refractivity contribution in [2.24, 2.45) is 5.92 Å². The van der Waals surface area contributed by atoms with Crippen molar-refractivity contribution in [1.29, 1.82) is 0 Å². The van der Waals surface area contributed by atoms with Crippen molar-refractivity contribution in [3.05, 3.63) is 90.0 Å². The molecular formula is C29H35FN2O4S. The first-order chi connectivity index (χ1) is 17.5. The molecule has 0 aliphatic heterocycles. The molecule has 2 aromatic carbocycles. The Morgan fingerprint density at radius 2 is 1.59 bits per heavy atom. The number of sulfonamides is 1. The van der Waals surface area contributed by atoms with Crippen molar-refractivity contribution in [3.63, 3.8) is 0 Å². The summed E-state index contributed by atoms with van der Waals surface area (Å²) < 4.78 is 42.9. The van der Waals surface area contributed by atoms with Gasteiger partial charge in [-0.3, -0.25) is 4.79 Å². The van der Waals surface area contributed by atoms with Gasteiger partial charge in [-0.1, -0.05) is 60.7 Å². The Morgan fingerprint density at radius 1 is 0.973 bits per heavy atom. The minimum atomic E-state index is -3.74. The van der Waals surface area contributed by atoms with Crippen LogP contribution in [0.3, 0.4) is 0 Å². The quantitative estimate of drug-likeness (QED) is 0.465. The Balaban J connectivity index is 1.33. The number of nitrogens with one attached hydrogen (secondary N) is 2. The number of hydrogen-bond acceptors (Lipinski definition) is 4. The van der Waals surface area contributed by atoms with Crippen LogP contribution in [0.4, 0.5) is 4.39 Å². The van der Waals surface area contributed by atoms with Gasteiger partial charge in [-0.25, -0.2) is 17.5 Å². The topological polar surface area (TPSA) is 95.5 Å². The predicted octanol–water partition coefficient (Wildman–Crippen LogP) is 4.70. The molecule has 6 nitrogen and oxygen atoms in total. The number of alkyl halides is 1. The Labute approximate surface area is 218 Å². The van der Waals surface area contributed by atoms with Crippen LogP contribution in [0, 0.1) is 5.92 Å². The number of carbonyl (C=O) groups excluding carboxylic acids is 1. The molecule has 1 saturated carbocycles. The van der Waals surface area contributed by atoms with E-state index in [1.807, 2.05) is 30.3 Å². The van der Waals surface area contributed by atoms with Gasteiger partial charge in [-0.15, -0.1) is 0 Å². The molecule has 0 aromatic heterocycles. The molecule has 3 atom stereocenters. The summed E-state index contributed by atoms with van der Waals surface area (Å²) in [5.41, 5.74) is 0.404. The number of benzene rings is 2. The average Bonchev–Trinajstić information content (AvgIpc) is 2.87. The lowest BCUT2D eigenvalue weighted by atomic mass is 9.84. The highest BCUT2D eigenvalue weighted by Gasteiger charge is 2.34. The van der Waals surface area contributed by atoms with Crippen LogP contribution < -0.4 is 10.0 Å². The maximum absolute atomic E-state index is 14.2. The average molecular weight is 527 g/mol. The molecule has 198 valence electrons. The van der Waals surface area contributed by atoms with E-state index in [1.165, 1.54) is 18.2 Å². The van der Waals surface area contributed by atoms with Crippen molar-refractivity contribution in [3.8, 4) is 0 Å². The lowest BCUT2D eigenvalue weighted by Gasteiger charge is -2.34. The summed E-state index contributed by atoms with van der Waals surface area (Å²) in [4.78, 5) is 13.2. The van der Waals surface area contributed by atoms with E-state index in [4.69, 9.17) is 0 Å². The summed E-state index contributed by atoms with van der Waals surface area (Å²) in [5.74, 6) is -0.806. The Kier molecular flexibility index (Phi) is 8.31. The van der Waals surface area contributed by atoms with Crippen molar-refractivity contribution >= 4 is 15.9 Å². The van der Waals surface area contributed by atoms with Crippen molar-refractivity contribution in [2.75, 3.05) is 0 Å². The minimum Gasteiger partial charge on any atom is -0.388 e. The number of allylic oxidation sites excluding steroid dienone is 4. The maximum atomic E-state index is 14.2. The van der Waals surface area contributed by atoms with Gasteiger partial charge in [-0.2, -0.15) is 0 Å². The van der Waals surface area contributed by atoms with Gasteiger partial charge in [0.05, 0.1) is 16.5 Å². The van der Waals surface area contributed by atoms with Crippen LogP contribution in [0.1, 0.15) is 62.6 Å².